The number of carbonyl (C=O) groups is 3. The predicted molar refractivity (Wildman–Crippen MR) is 136 cm³/mol. The van der Waals surface area contributed by atoms with Gasteiger partial charge in [0.25, 0.3) is 10.0 Å². The molecule has 1 heterocycles. The molecule has 0 saturated carbocycles. The van der Waals surface area contributed by atoms with Gasteiger partial charge in [-0.25, -0.2) is 26.8 Å². The van der Waals surface area contributed by atoms with E-state index in [4.69, 9.17) is 9.90 Å². The van der Waals surface area contributed by atoms with E-state index in [1.54, 1.807) is 0 Å². The number of benzene rings is 2. The summed E-state index contributed by atoms with van der Waals surface area (Å²) in [6, 6.07) is 6.24. The van der Waals surface area contributed by atoms with Crippen molar-refractivity contribution in [1.29, 1.82) is 0 Å². The number of anilines is 2. The molecule has 1 saturated heterocycles. The molecule has 0 radical (unpaired) electrons. The number of alkyl halides is 3. The minimum absolute atomic E-state index is 0.00404. The monoisotopic (exact) mass is 610 g/mol. The van der Waals surface area contributed by atoms with Gasteiger partial charge in [0.1, 0.15) is 0 Å². The van der Waals surface area contributed by atoms with Crippen LogP contribution < -0.4 is 14.9 Å². The Labute approximate surface area is 231 Å². The van der Waals surface area contributed by atoms with Crippen LogP contribution in [0, 0.1) is 11.6 Å². The Bertz CT molecular complexity index is 1380. The molecular weight excluding hydrogens is 583 g/mol. The predicted octanol–water partition coefficient (Wildman–Crippen LogP) is 2.74. The van der Waals surface area contributed by atoms with Crippen molar-refractivity contribution in [2.45, 2.75) is 31.0 Å². The van der Waals surface area contributed by atoms with Gasteiger partial charge in [-0.2, -0.15) is 13.2 Å². The second kappa shape index (κ2) is 13.6. The van der Waals surface area contributed by atoms with Gasteiger partial charge >= 0.3 is 18.1 Å². The number of sulfonamides is 1. The molecule has 226 valence electrons. The van der Waals surface area contributed by atoms with Gasteiger partial charge < -0.3 is 20.4 Å². The molecule has 0 atom stereocenters. The molecule has 17 heteroatoms. The molecule has 0 aliphatic carbocycles. The number of rotatable bonds is 8. The number of nitrogens with zero attached hydrogens (tertiary/aromatic N) is 2. The maximum Gasteiger partial charge on any atom is 0.490 e. The van der Waals surface area contributed by atoms with Crippen LogP contribution in [0.25, 0.3) is 0 Å². The minimum atomic E-state index is -5.08. The molecule has 11 nitrogen and oxygen atoms in total. The zero-order chi connectivity index (χ0) is 31.1. The molecule has 2 aromatic rings. The number of amides is 1. The second-order valence-corrected chi connectivity index (χ2v) is 10.7. The number of carbonyl (C=O) groups excluding carboxylic acids is 1. The highest BCUT2D eigenvalue weighted by molar-refractivity contribution is 7.92. The Morgan fingerprint density at radius 2 is 1.54 bits per heavy atom. The quantitative estimate of drug-likeness (QED) is 0.330. The van der Waals surface area contributed by atoms with Crippen LogP contribution in [-0.2, 0) is 19.6 Å². The molecule has 2 aromatic carbocycles. The number of halogens is 5. The lowest BCUT2D eigenvalue weighted by Crippen LogP contribution is -2.50. The molecule has 1 aliphatic rings. The van der Waals surface area contributed by atoms with Crippen LogP contribution in [0.15, 0.2) is 41.3 Å². The van der Waals surface area contributed by atoms with Gasteiger partial charge in [-0.05, 0) is 50.2 Å². The number of carboxylic acids is 2. The number of carboxylic acid groups (broad SMARTS) is 2. The van der Waals surface area contributed by atoms with Gasteiger partial charge in [-0.3, -0.25) is 14.4 Å². The number of hydrogen-bond acceptors (Lipinski definition) is 7. The summed E-state index contributed by atoms with van der Waals surface area (Å²) in [4.78, 5) is 35.7. The van der Waals surface area contributed by atoms with E-state index in [2.05, 4.69) is 10.0 Å². The average Bonchev–Trinajstić information content (AvgIpc) is 2.85. The lowest BCUT2D eigenvalue weighted by atomic mass is 10.1. The average molecular weight is 611 g/mol. The van der Waals surface area contributed by atoms with Crippen LogP contribution in [0.2, 0.25) is 0 Å². The Morgan fingerprint density at radius 3 is 2.02 bits per heavy atom. The fourth-order valence-corrected chi connectivity index (χ4v) is 4.67. The number of nitrogens with one attached hydrogen (secondary N) is 2. The van der Waals surface area contributed by atoms with Crippen molar-refractivity contribution in [2.24, 2.45) is 0 Å². The summed E-state index contributed by atoms with van der Waals surface area (Å²) < 4.78 is 86.5. The third-order valence-electron chi connectivity index (χ3n) is 5.46. The lowest BCUT2D eigenvalue weighted by molar-refractivity contribution is -0.192. The SMILES string of the molecule is CC(C)NC(=O)CN1CCN(c2ccc(C(=O)O)cc2NS(=O)(=O)c2ccc(F)c(F)c2)CC1.O=C(O)C(F)(F)F. The zero-order valence-electron chi connectivity index (χ0n) is 21.7. The Hall–Kier alpha value is -3.99. The third kappa shape index (κ3) is 9.86. The number of piperazine rings is 1. The zero-order valence-corrected chi connectivity index (χ0v) is 22.5. The van der Waals surface area contributed by atoms with Crippen LogP contribution in [0.1, 0.15) is 24.2 Å². The number of aromatic carboxylic acids is 1. The maximum absolute atomic E-state index is 13.6. The van der Waals surface area contributed by atoms with Crippen molar-refractivity contribution < 1.29 is 55.0 Å². The molecule has 3 rings (SSSR count). The molecule has 4 N–H and O–H groups in total. The van der Waals surface area contributed by atoms with E-state index < -0.39 is 44.7 Å². The molecular formula is C24H27F5N4O7S. The maximum atomic E-state index is 13.6. The first-order valence-corrected chi connectivity index (χ1v) is 13.3. The van der Waals surface area contributed by atoms with Crippen LogP contribution in [0.3, 0.4) is 0 Å². The van der Waals surface area contributed by atoms with Gasteiger partial charge in [-0.15, -0.1) is 0 Å². The highest BCUT2D eigenvalue weighted by atomic mass is 32.2. The fourth-order valence-electron chi connectivity index (χ4n) is 3.59. The van der Waals surface area contributed by atoms with E-state index in [1.165, 1.54) is 18.2 Å². The second-order valence-electron chi connectivity index (χ2n) is 9.01. The van der Waals surface area contributed by atoms with E-state index in [9.17, 15) is 45.1 Å². The van der Waals surface area contributed by atoms with E-state index in [0.29, 0.717) is 44.0 Å². The first kappa shape index (κ1) is 33.2. The van der Waals surface area contributed by atoms with Gasteiger partial charge in [-0.1, -0.05) is 0 Å². The molecule has 0 aromatic heterocycles. The third-order valence-corrected chi connectivity index (χ3v) is 6.82. The van der Waals surface area contributed by atoms with E-state index in [-0.39, 0.29) is 29.7 Å². The van der Waals surface area contributed by atoms with Crippen LogP contribution in [0.5, 0.6) is 0 Å². The van der Waals surface area contributed by atoms with E-state index in [0.717, 1.165) is 6.07 Å². The molecule has 1 amide bonds. The van der Waals surface area contributed by atoms with Crippen molar-refractivity contribution in [3.05, 3.63) is 53.6 Å². The largest absolute Gasteiger partial charge is 0.490 e. The Balaban J connectivity index is 0.000000745. The van der Waals surface area contributed by atoms with Gasteiger partial charge in [0.2, 0.25) is 5.91 Å². The summed E-state index contributed by atoms with van der Waals surface area (Å²) >= 11 is 0. The van der Waals surface area contributed by atoms with Crippen molar-refractivity contribution in [3.63, 3.8) is 0 Å². The first-order valence-electron chi connectivity index (χ1n) is 11.8. The summed E-state index contributed by atoms with van der Waals surface area (Å²) in [5, 5.41) is 19.3. The molecule has 0 bridgehead atoms. The minimum Gasteiger partial charge on any atom is -0.478 e. The smallest absolute Gasteiger partial charge is 0.478 e. The number of hydrogen-bond donors (Lipinski definition) is 4. The number of aliphatic carboxylic acids is 1. The summed E-state index contributed by atoms with van der Waals surface area (Å²) in [5.74, 6) is -6.60. The highest BCUT2D eigenvalue weighted by Gasteiger charge is 2.38. The molecule has 0 unspecified atom stereocenters. The van der Waals surface area contributed by atoms with Crippen LogP contribution in [0.4, 0.5) is 33.3 Å². The fraction of sp³-hybridized carbons (Fsp3) is 0.375. The summed E-state index contributed by atoms with van der Waals surface area (Å²) in [7, 11) is -4.33. The molecule has 41 heavy (non-hydrogen) atoms. The van der Waals surface area contributed by atoms with Crippen molar-refractivity contribution in [1.82, 2.24) is 10.2 Å². The van der Waals surface area contributed by atoms with E-state index >= 15 is 0 Å². The van der Waals surface area contributed by atoms with Gasteiger partial charge in [0.05, 0.1) is 28.4 Å². The summed E-state index contributed by atoms with van der Waals surface area (Å²) in [6.07, 6.45) is -5.08. The highest BCUT2D eigenvalue weighted by Crippen LogP contribution is 2.31. The van der Waals surface area contributed by atoms with Gasteiger partial charge in [0.15, 0.2) is 11.6 Å². The van der Waals surface area contributed by atoms with Crippen molar-refractivity contribution >= 4 is 39.2 Å². The van der Waals surface area contributed by atoms with E-state index in [1.807, 2.05) is 23.6 Å². The Kier molecular flexibility index (Phi) is 11.0. The molecule has 0 spiro atoms. The summed E-state index contributed by atoms with van der Waals surface area (Å²) in [5.41, 5.74) is 0.286. The normalized spacial score (nSPS) is 14.2. The standard InChI is InChI=1S/C22H26F2N4O5S.C2HF3O2/c1-14(2)25-21(29)13-27-7-9-28(10-8-27)20-6-3-15(22(30)31)11-19(20)26-34(32,33)16-4-5-17(23)18(24)12-16;3-2(4,5)1(6)7/h3-6,11-12,14,26H,7-10,13H2,1-2H3,(H,25,29)(H,30,31);(H,6,7). The topological polar surface area (TPSA) is 156 Å². The van der Waals surface area contributed by atoms with Gasteiger partial charge in [0, 0.05) is 32.2 Å². The molecule has 1 aliphatic heterocycles. The Morgan fingerprint density at radius 1 is 0.951 bits per heavy atom. The first-order chi connectivity index (χ1) is 18.9. The lowest BCUT2D eigenvalue weighted by Gasteiger charge is -2.36. The van der Waals surface area contributed by atoms with Crippen LogP contribution in [-0.4, -0.2) is 86.3 Å². The molecule has 1 fully saturated rings. The van der Waals surface area contributed by atoms with Crippen molar-refractivity contribution in [2.75, 3.05) is 42.3 Å². The van der Waals surface area contributed by atoms with Crippen molar-refractivity contribution in [3.8, 4) is 0 Å². The van der Waals surface area contributed by atoms with Crippen LogP contribution >= 0.6 is 0 Å². The summed E-state index contributed by atoms with van der Waals surface area (Å²) in [6.45, 7) is 5.96.